The summed E-state index contributed by atoms with van der Waals surface area (Å²) in [5.41, 5.74) is 10.5. The first-order valence-corrected chi connectivity index (χ1v) is 15.6. The van der Waals surface area contributed by atoms with Crippen molar-refractivity contribution in [3.05, 3.63) is 125 Å². The maximum absolute atomic E-state index is 14.1. The summed E-state index contributed by atoms with van der Waals surface area (Å²) in [4.78, 5) is 39.6. The van der Waals surface area contributed by atoms with Gasteiger partial charge in [0.2, 0.25) is 5.91 Å². The van der Waals surface area contributed by atoms with Crippen LogP contribution in [0.2, 0.25) is 0 Å². The topological polar surface area (TPSA) is 110 Å². The van der Waals surface area contributed by atoms with Crippen molar-refractivity contribution in [1.82, 2.24) is 4.90 Å². The average Bonchev–Trinajstić information content (AvgIpc) is 3.01. The predicted molar refractivity (Wildman–Crippen MR) is 182 cm³/mol. The molecule has 0 saturated carbocycles. The highest BCUT2D eigenvalue weighted by molar-refractivity contribution is 5.98. The Kier molecular flexibility index (Phi) is 10.7. The fourth-order valence-electron chi connectivity index (χ4n) is 5.63. The number of carbonyl (C=O) groups is 3. The highest BCUT2D eigenvalue weighted by atomic mass is 16.5. The fourth-order valence-corrected chi connectivity index (χ4v) is 5.63. The maximum Gasteiger partial charge on any atom is 0.303 e. The first-order valence-electron chi connectivity index (χ1n) is 15.6. The van der Waals surface area contributed by atoms with E-state index in [2.05, 4.69) is 32.9 Å². The van der Waals surface area contributed by atoms with Gasteiger partial charge in [0.25, 0.3) is 5.91 Å². The van der Waals surface area contributed by atoms with Crippen LogP contribution in [0.1, 0.15) is 74.5 Å². The summed E-state index contributed by atoms with van der Waals surface area (Å²) in [5.74, 6) is -1.35. The van der Waals surface area contributed by atoms with Gasteiger partial charge < -0.3 is 20.5 Å². The van der Waals surface area contributed by atoms with E-state index in [1.54, 1.807) is 12.1 Å². The number of hydrogen-bond donors (Lipinski definition) is 2. The number of rotatable bonds is 13. The minimum Gasteiger partial charge on any atom is -0.489 e. The number of nitrogens with two attached hydrogens (primary N) is 1. The molecule has 3 N–H and O–H groups in total. The van der Waals surface area contributed by atoms with Crippen LogP contribution in [0.5, 0.6) is 5.75 Å². The van der Waals surface area contributed by atoms with E-state index in [0.717, 1.165) is 28.0 Å². The molecule has 0 aromatic heterocycles. The van der Waals surface area contributed by atoms with Gasteiger partial charge in [-0.05, 0) is 84.2 Å². The van der Waals surface area contributed by atoms with Crippen LogP contribution in [0.4, 0.5) is 0 Å². The van der Waals surface area contributed by atoms with Gasteiger partial charge in [0.1, 0.15) is 18.4 Å². The molecule has 0 aliphatic heterocycles. The van der Waals surface area contributed by atoms with Gasteiger partial charge in [0.05, 0.1) is 0 Å². The van der Waals surface area contributed by atoms with Crippen molar-refractivity contribution in [2.45, 2.75) is 77.5 Å². The molecule has 4 aromatic rings. The Hall–Kier alpha value is -4.91. The molecule has 4 rings (SSSR count). The molecule has 0 heterocycles. The van der Waals surface area contributed by atoms with E-state index < -0.39 is 23.5 Å². The molecule has 0 saturated heterocycles. The third kappa shape index (κ3) is 8.84. The second-order valence-electron chi connectivity index (χ2n) is 13.3. The SMILES string of the molecule is CC(C)(C)c1cccc(OCc2ccc(-c3ccc(C(=O)N([C@@H](CCC(=O)O)C(N)=O)C(C)(C)Cc4ccccc4)cc3)cc2)c1. The molecule has 240 valence electrons. The monoisotopic (exact) mass is 620 g/mol. The van der Waals surface area contributed by atoms with Crippen LogP contribution in [0.3, 0.4) is 0 Å². The van der Waals surface area contributed by atoms with Crippen molar-refractivity contribution in [3.63, 3.8) is 0 Å². The van der Waals surface area contributed by atoms with Crippen molar-refractivity contribution in [2.75, 3.05) is 0 Å². The van der Waals surface area contributed by atoms with Crippen LogP contribution in [0.15, 0.2) is 103 Å². The summed E-state index contributed by atoms with van der Waals surface area (Å²) in [6.45, 7) is 10.7. The van der Waals surface area contributed by atoms with E-state index in [1.807, 2.05) is 92.7 Å². The Balaban J connectivity index is 1.52. The summed E-state index contributed by atoms with van der Waals surface area (Å²) in [6, 6.07) is 32.0. The standard InChI is InChI=1S/C39H44N2O5/c1-38(2,3)32-12-9-13-33(24-32)46-26-28-14-16-29(17-15-28)30-18-20-31(21-19-30)37(45)41(34(36(40)44)22-23-35(42)43)39(4,5)25-27-10-7-6-8-11-27/h6-21,24,34H,22-23,25-26H2,1-5H3,(H2,40,44)(H,42,43)/t34-/m0/s1. The Labute approximate surface area is 272 Å². The van der Waals surface area contributed by atoms with Crippen molar-refractivity contribution in [2.24, 2.45) is 5.73 Å². The van der Waals surface area contributed by atoms with E-state index in [9.17, 15) is 19.5 Å². The molecular weight excluding hydrogens is 576 g/mol. The third-order valence-corrected chi connectivity index (χ3v) is 8.15. The minimum absolute atomic E-state index is 0.0434. The summed E-state index contributed by atoms with van der Waals surface area (Å²) in [7, 11) is 0. The van der Waals surface area contributed by atoms with Crippen molar-refractivity contribution < 1.29 is 24.2 Å². The largest absolute Gasteiger partial charge is 0.489 e. The number of aliphatic carboxylic acids is 1. The van der Waals surface area contributed by atoms with Gasteiger partial charge in [0.15, 0.2) is 0 Å². The van der Waals surface area contributed by atoms with Crippen LogP contribution in [-0.4, -0.2) is 39.4 Å². The van der Waals surface area contributed by atoms with Crippen molar-refractivity contribution in [1.29, 1.82) is 0 Å². The molecule has 0 aliphatic rings. The zero-order chi connectivity index (χ0) is 33.5. The average molecular weight is 621 g/mol. The number of amides is 2. The molecule has 0 radical (unpaired) electrons. The summed E-state index contributed by atoms with van der Waals surface area (Å²) >= 11 is 0. The molecule has 0 aliphatic carbocycles. The normalized spacial score (nSPS) is 12.3. The molecular formula is C39H44N2O5. The maximum atomic E-state index is 14.1. The Morgan fingerprint density at radius 3 is 1.96 bits per heavy atom. The van der Waals surface area contributed by atoms with Gasteiger partial charge in [-0.2, -0.15) is 0 Å². The molecule has 7 heteroatoms. The first-order chi connectivity index (χ1) is 21.7. The van der Waals surface area contributed by atoms with Gasteiger partial charge in [-0.25, -0.2) is 0 Å². The molecule has 4 aromatic carbocycles. The van der Waals surface area contributed by atoms with Crippen molar-refractivity contribution >= 4 is 17.8 Å². The van der Waals surface area contributed by atoms with E-state index in [0.29, 0.717) is 18.6 Å². The number of ether oxygens (including phenoxy) is 1. The highest BCUT2D eigenvalue weighted by Crippen LogP contribution is 2.29. The van der Waals surface area contributed by atoms with Gasteiger partial charge >= 0.3 is 5.97 Å². The van der Waals surface area contributed by atoms with Crippen LogP contribution in [-0.2, 0) is 28.0 Å². The number of hydrogen-bond acceptors (Lipinski definition) is 4. The number of nitrogens with zero attached hydrogens (tertiary/aromatic N) is 1. The number of carboxylic acid groups (broad SMARTS) is 1. The van der Waals surface area contributed by atoms with E-state index in [1.165, 1.54) is 10.5 Å². The van der Waals surface area contributed by atoms with Crippen LogP contribution in [0, 0.1) is 0 Å². The Morgan fingerprint density at radius 2 is 1.39 bits per heavy atom. The number of primary amides is 1. The van der Waals surface area contributed by atoms with Gasteiger partial charge in [0, 0.05) is 17.5 Å². The number of carbonyl (C=O) groups excluding carboxylic acids is 2. The quantitative estimate of drug-likeness (QED) is 0.162. The highest BCUT2D eigenvalue weighted by Gasteiger charge is 2.39. The first kappa shape index (κ1) is 34.0. The smallest absolute Gasteiger partial charge is 0.303 e. The Bertz CT molecular complexity index is 1640. The fraction of sp³-hybridized carbons (Fsp3) is 0.308. The van der Waals surface area contributed by atoms with Crippen LogP contribution in [0.25, 0.3) is 11.1 Å². The van der Waals surface area contributed by atoms with E-state index in [4.69, 9.17) is 10.5 Å². The van der Waals surface area contributed by atoms with E-state index in [-0.39, 0.29) is 24.2 Å². The second kappa shape index (κ2) is 14.5. The lowest BCUT2D eigenvalue weighted by atomic mass is 9.87. The summed E-state index contributed by atoms with van der Waals surface area (Å²) in [6.07, 6.45) is 0.0828. The number of benzene rings is 4. The minimum atomic E-state index is -1.09. The zero-order valence-electron chi connectivity index (χ0n) is 27.3. The third-order valence-electron chi connectivity index (χ3n) is 8.15. The van der Waals surface area contributed by atoms with E-state index >= 15 is 0 Å². The van der Waals surface area contributed by atoms with Crippen molar-refractivity contribution in [3.8, 4) is 16.9 Å². The summed E-state index contributed by atoms with van der Waals surface area (Å²) < 4.78 is 6.06. The molecule has 0 spiro atoms. The lowest BCUT2D eigenvalue weighted by Crippen LogP contribution is -2.58. The second-order valence-corrected chi connectivity index (χ2v) is 13.3. The molecule has 0 fully saturated rings. The zero-order valence-corrected chi connectivity index (χ0v) is 27.3. The number of carboxylic acids is 1. The lowest BCUT2D eigenvalue weighted by Gasteiger charge is -2.43. The Morgan fingerprint density at radius 1 is 0.783 bits per heavy atom. The molecule has 7 nitrogen and oxygen atoms in total. The van der Waals surface area contributed by atoms with Crippen LogP contribution >= 0.6 is 0 Å². The van der Waals surface area contributed by atoms with Gasteiger partial charge in [-0.3, -0.25) is 14.4 Å². The lowest BCUT2D eigenvalue weighted by molar-refractivity contribution is -0.137. The molecule has 1 atom stereocenters. The molecule has 2 amide bonds. The predicted octanol–water partition coefficient (Wildman–Crippen LogP) is 7.41. The van der Waals surface area contributed by atoms with Crippen LogP contribution < -0.4 is 10.5 Å². The molecule has 0 unspecified atom stereocenters. The van der Waals surface area contributed by atoms with Gasteiger partial charge in [-0.1, -0.05) is 99.6 Å². The summed E-state index contributed by atoms with van der Waals surface area (Å²) in [5, 5.41) is 9.33. The van der Waals surface area contributed by atoms with Gasteiger partial charge in [-0.15, -0.1) is 0 Å². The molecule has 0 bridgehead atoms. The molecule has 46 heavy (non-hydrogen) atoms.